The highest BCUT2D eigenvalue weighted by Gasteiger charge is 2.21. The van der Waals surface area contributed by atoms with Gasteiger partial charge in [0.1, 0.15) is 12.4 Å². The summed E-state index contributed by atoms with van der Waals surface area (Å²) < 4.78 is 5.92. The SMILES string of the molecule is C=C(CC)COc1cccc2c1CCCC2NC. The van der Waals surface area contributed by atoms with Crippen molar-refractivity contribution in [3.05, 3.63) is 41.5 Å². The zero-order valence-corrected chi connectivity index (χ0v) is 11.5. The van der Waals surface area contributed by atoms with Gasteiger partial charge < -0.3 is 10.1 Å². The van der Waals surface area contributed by atoms with Crippen LogP contribution in [0.2, 0.25) is 0 Å². The summed E-state index contributed by atoms with van der Waals surface area (Å²) in [7, 11) is 2.03. The molecular formula is C16H23NO. The number of benzene rings is 1. The molecule has 98 valence electrons. The fourth-order valence-corrected chi connectivity index (χ4v) is 2.53. The summed E-state index contributed by atoms with van der Waals surface area (Å²) in [6.07, 6.45) is 4.55. The van der Waals surface area contributed by atoms with Crippen LogP contribution in [0.4, 0.5) is 0 Å². The standard InChI is InChI=1S/C16H23NO/c1-4-12(2)11-18-16-10-6-7-13-14(16)8-5-9-15(13)17-3/h6-7,10,15,17H,2,4-5,8-9,11H2,1,3H3. The summed E-state index contributed by atoms with van der Waals surface area (Å²) in [4.78, 5) is 0. The maximum atomic E-state index is 5.92. The van der Waals surface area contributed by atoms with Gasteiger partial charge in [-0.05, 0) is 55.5 Å². The largest absolute Gasteiger partial charge is 0.489 e. The maximum Gasteiger partial charge on any atom is 0.123 e. The molecule has 0 heterocycles. The molecule has 1 unspecified atom stereocenters. The monoisotopic (exact) mass is 245 g/mol. The van der Waals surface area contributed by atoms with Gasteiger partial charge in [0, 0.05) is 6.04 Å². The molecule has 0 aromatic heterocycles. The third kappa shape index (κ3) is 2.75. The molecule has 0 fully saturated rings. The van der Waals surface area contributed by atoms with Crippen LogP contribution in [0.5, 0.6) is 5.75 Å². The molecule has 0 spiro atoms. The third-order valence-electron chi connectivity index (χ3n) is 3.74. The Morgan fingerprint density at radius 3 is 3.06 bits per heavy atom. The first-order valence-electron chi connectivity index (χ1n) is 6.84. The van der Waals surface area contributed by atoms with Gasteiger partial charge in [-0.1, -0.05) is 25.6 Å². The first kappa shape index (κ1) is 13.2. The summed E-state index contributed by atoms with van der Waals surface area (Å²) in [5.74, 6) is 1.04. The topological polar surface area (TPSA) is 21.3 Å². The van der Waals surface area contributed by atoms with Gasteiger partial charge in [0.2, 0.25) is 0 Å². The Bertz CT molecular complexity index is 425. The number of hydrogen-bond acceptors (Lipinski definition) is 2. The molecule has 2 rings (SSSR count). The average molecular weight is 245 g/mol. The van der Waals surface area contributed by atoms with Gasteiger partial charge in [-0.25, -0.2) is 0 Å². The first-order chi connectivity index (χ1) is 8.76. The summed E-state index contributed by atoms with van der Waals surface area (Å²) in [5.41, 5.74) is 3.93. The van der Waals surface area contributed by atoms with Gasteiger partial charge in [0.25, 0.3) is 0 Å². The first-order valence-corrected chi connectivity index (χ1v) is 6.84. The van der Waals surface area contributed by atoms with Crippen LogP contribution in [0, 0.1) is 0 Å². The number of hydrogen-bond donors (Lipinski definition) is 1. The van der Waals surface area contributed by atoms with E-state index < -0.39 is 0 Å². The van der Waals surface area contributed by atoms with Gasteiger partial charge in [0.05, 0.1) is 0 Å². The second kappa shape index (κ2) is 6.05. The Kier molecular flexibility index (Phi) is 4.43. The average Bonchev–Trinajstić information content (AvgIpc) is 2.43. The van der Waals surface area contributed by atoms with Crippen molar-refractivity contribution in [1.29, 1.82) is 0 Å². The lowest BCUT2D eigenvalue weighted by molar-refractivity contribution is 0.340. The van der Waals surface area contributed by atoms with Gasteiger partial charge in [0.15, 0.2) is 0 Å². The lowest BCUT2D eigenvalue weighted by atomic mass is 9.87. The van der Waals surface area contributed by atoms with E-state index in [0.29, 0.717) is 12.6 Å². The van der Waals surface area contributed by atoms with Crippen LogP contribution in [0.3, 0.4) is 0 Å². The normalized spacial score (nSPS) is 18.2. The number of fused-ring (bicyclic) bond motifs is 1. The van der Waals surface area contributed by atoms with Crippen molar-refractivity contribution < 1.29 is 4.74 Å². The van der Waals surface area contributed by atoms with Gasteiger partial charge in [-0.3, -0.25) is 0 Å². The zero-order valence-electron chi connectivity index (χ0n) is 11.5. The zero-order chi connectivity index (χ0) is 13.0. The second-order valence-electron chi connectivity index (χ2n) is 4.95. The fraction of sp³-hybridized carbons (Fsp3) is 0.500. The van der Waals surface area contributed by atoms with Crippen molar-refractivity contribution in [2.75, 3.05) is 13.7 Å². The fourth-order valence-electron chi connectivity index (χ4n) is 2.53. The van der Waals surface area contributed by atoms with E-state index in [-0.39, 0.29) is 0 Å². The van der Waals surface area contributed by atoms with Crippen LogP contribution in [0.1, 0.15) is 43.4 Å². The van der Waals surface area contributed by atoms with Gasteiger partial charge in [-0.15, -0.1) is 0 Å². The molecule has 1 aliphatic rings. The van der Waals surface area contributed by atoms with E-state index in [1.165, 1.54) is 24.0 Å². The van der Waals surface area contributed by atoms with Crippen LogP contribution in [0.15, 0.2) is 30.4 Å². The lowest BCUT2D eigenvalue weighted by Crippen LogP contribution is -2.22. The number of rotatable bonds is 5. The van der Waals surface area contributed by atoms with E-state index in [0.717, 1.165) is 24.2 Å². The summed E-state index contributed by atoms with van der Waals surface area (Å²) in [6.45, 7) is 6.74. The molecule has 1 aromatic rings. The number of ether oxygens (including phenoxy) is 1. The minimum absolute atomic E-state index is 0.478. The minimum atomic E-state index is 0.478. The molecule has 1 aromatic carbocycles. The summed E-state index contributed by atoms with van der Waals surface area (Å²) in [5, 5.41) is 3.39. The summed E-state index contributed by atoms with van der Waals surface area (Å²) >= 11 is 0. The Morgan fingerprint density at radius 2 is 2.33 bits per heavy atom. The van der Waals surface area contributed by atoms with Crippen molar-refractivity contribution in [3.8, 4) is 5.75 Å². The molecule has 1 atom stereocenters. The Balaban J connectivity index is 2.19. The van der Waals surface area contributed by atoms with Gasteiger partial charge >= 0.3 is 0 Å². The van der Waals surface area contributed by atoms with E-state index in [4.69, 9.17) is 4.74 Å². The van der Waals surface area contributed by atoms with E-state index in [2.05, 4.69) is 37.0 Å². The smallest absolute Gasteiger partial charge is 0.123 e. The third-order valence-corrected chi connectivity index (χ3v) is 3.74. The molecule has 2 nitrogen and oxygen atoms in total. The number of nitrogens with one attached hydrogen (secondary N) is 1. The Labute approximate surface area is 110 Å². The lowest BCUT2D eigenvalue weighted by Gasteiger charge is -2.27. The highest BCUT2D eigenvalue weighted by Crippen LogP contribution is 2.35. The van der Waals surface area contributed by atoms with Crippen molar-refractivity contribution in [1.82, 2.24) is 5.32 Å². The van der Waals surface area contributed by atoms with Crippen molar-refractivity contribution >= 4 is 0 Å². The predicted molar refractivity (Wildman–Crippen MR) is 76.1 cm³/mol. The molecule has 0 aliphatic heterocycles. The van der Waals surface area contributed by atoms with Crippen LogP contribution < -0.4 is 10.1 Å². The van der Waals surface area contributed by atoms with Crippen molar-refractivity contribution in [2.45, 2.75) is 38.6 Å². The highest BCUT2D eigenvalue weighted by atomic mass is 16.5. The molecule has 1 N–H and O–H groups in total. The van der Waals surface area contributed by atoms with Crippen molar-refractivity contribution in [2.24, 2.45) is 0 Å². The molecule has 0 saturated carbocycles. The molecule has 2 heteroatoms. The maximum absolute atomic E-state index is 5.92. The highest BCUT2D eigenvalue weighted by molar-refractivity contribution is 5.43. The van der Waals surface area contributed by atoms with E-state index in [9.17, 15) is 0 Å². The molecule has 0 amide bonds. The van der Waals surface area contributed by atoms with E-state index >= 15 is 0 Å². The predicted octanol–water partition coefficient (Wildman–Crippen LogP) is 3.63. The molecular weight excluding hydrogens is 222 g/mol. The molecule has 18 heavy (non-hydrogen) atoms. The molecule has 0 saturated heterocycles. The summed E-state index contributed by atoms with van der Waals surface area (Å²) in [6, 6.07) is 6.88. The van der Waals surface area contributed by atoms with Crippen LogP contribution in [-0.4, -0.2) is 13.7 Å². The van der Waals surface area contributed by atoms with Crippen LogP contribution in [0.25, 0.3) is 0 Å². The van der Waals surface area contributed by atoms with E-state index in [1.807, 2.05) is 7.05 Å². The Hall–Kier alpha value is -1.28. The van der Waals surface area contributed by atoms with Gasteiger partial charge in [-0.2, -0.15) is 0 Å². The van der Waals surface area contributed by atoms with Crippen LogP contribution in [-0.2, 0) is 6.42 Å². The van der Waals surface area contributed by atoms with Crippen LogP contribution >= 0.6 is 0 Å². The Morgan fingerprint density at radius 1 is 1.50 bits per heavy atom. The molecule has 1 aliphatic carbocycles. The quantitative estimate of drug-likeness (QED) is 0.800. The van der Waals surface area contributed by atoms with Crippen molar-refractivity contribution in [3.63, 3.8) is 0 Å². The van der Waals surface area contributed by atoms with E-state index in [1.54, 1.807) is 0 Å². The minimum Gasteiger partial charge on any atom is -0.489 e. The molecule has 0 radical (unpaired) electrons. The second-order valence-corrected chi connectivity index (χ2v) is 4.95. The molecule has 0 bridgehead atoms.